The minimum absolute atomic E-state index is 0.177. The molecule has 0 radical (unpaired) electrons. The Balaban J connectivity index is 1.99. The van der Waals surface area contributed by atoms with Crippen LogP contribution in [0.2, 0.25) is 0 Å². The smallest absolute Gasteiger partial charge is 0.171 e. The number of nitrogens with one attached hydrogen (secondary N) is 2. The van der Waals surface area contributed by atoms with Gasteiger partial charge < -0.3 is 10.6 Å². The van der Waals surface area contributed by atoms with Gasteiger partial charge in [0, 0.05) is 5.69 Å². The SMILES string of the molecule is Cc1ccc([C@@H](C)NC(=S)Nc2cc(C)cc(C)c2)cc1. The second-order valence-corrected chi connectivity index (χ2v) is 6.02. The number of rotatable bonds is 3. The Hall–Kier alpha value is -1.87. The molecule has 2 N–H and O–H groups in total. The van der Waals surface area contributed by atoms with E-state index in [1.165, 1.54) is 22.3 Å². The van der Waals surface area contributed by atoms with Crippen LogP contribution in [0.1, 0.15) is 35.2 Å². The molecule has 0 bridgehead atoms. The molecule has 21 heavy (non-hydrogen) atoms. The molecule has 0 aromatic heterocycles. The van der Waals surface area contributed by atoms with Crippen LogP contribution in [-0.2, 0) is 0 Å². The van der Waals surface area contributed by atoms with Gasteiger partial charge in [-0.3, -0.25) is 0 Å². The molecule has 0 aliphatic rings. The molecular formula is C18H22N2S. The summed E-state index contributed by atoms with van der Waals surface area (Å²) in [6.45, 7) is 8.38. The third-order valence-electron chi connectivity index (χ3n) is 3.40. The Morgan fingerprint density at radius 3 is 2.05 bits per heavy atom. The van der Waals surface area contributed by atoms with Crippen molar-refractivity contribution in [2.75, 3.05) is 5.32 Å². The fourth-order valence-corrected chi connectivity index (χ4v) is 2.64. The quantitative estimate of drug-likeness (QED) is 0.806. The molecule has 0 spiro atoms. The van der Waals surface area contributed by atoms with Crippen molar-refractivity contribution >= 4 is 23.0 Å². The lowest BCUT2D eigenvalue weighted by atomic mass is 10.1. The summed E-state index contributed by atoms with van der Waals surface area (Å²) >= 11 is 5.40. The highest BCUT2D eigenvalue weighted by Crippen LogP contribution is 2.16. The van der Waals surface area contributed by atoms with Crippen LogP contribution in [0, 0.1) is 20.8 Å². The first-order valence-electron chi connectivity index (χ1n) is 7.16. The molecule has 0 amide bonds. The third-order valence-corrected chi connectivity index (χ3v) is 3.62. The first-order chi connectivity index (χ1) is 9.94. The Bertz CT molecular complexity index is 612. The predicted molar refractivity (Wildman–Crippen MR) is 94.9 cm³/mol. The second kappa shape index (κ2) is 6.72. The summed E-state index contributed by atoms with van der Waals surface area (Å²) in [6.07, 6.45) is 0. The summed E-state index contributed by atoms with van der Waals surface area (Å²) in [4.78, 5) is 0. The number of aryl methyl sites for hydroxylation is 3. The summed E-state index contributed by atoms with van der Waals surface area (Å²) in [7, 11) is 0. The maximum Gasteiger partial charge on any atom is 0.171 e. The minimum Gasteiger partial charge on any atom is -0.356 e. The molecule has 2 aromatic carbocycles. The van der Waals surface area contributed by atoms with Crippen LogP contribution >= 0.6 is 12.2 Å². The summed E-state index contributed by atoms with van der Waals surface area (Å²) < 4.78 is 0. The van der Waals surface area contributed by atoms with E-state index in [0.29, 0.717) is 5.11 Å². The normalized spacial score (nSPS) is 11.8. The molecule has 2 nitrogen and oxygen atoms in total. The molecule has 0 aliphatic heterocycles. The van der Waals surface area contributed by atoms with Crippen molar-refractivity contribution in [3.63, 3.8) is 0 Å². The Kier molecular flexibility index (Phi) is 4.97. The van der Waals surface area contributed by atoms with Crippen molar-refractivity contribution in [2.24, 2.45) is 0 Å². The highest BCUT2D eigenvalue weighted by molar-refractivity contribution is 7.80. The third kappa shape index (κ3) is 4.57. The van der Waals surface area contributed by atoms with Crippen LogP contribution in [0.25, 0.3) is 0 Å². The van der Waals surface area contributed by atoms with E-state index in [1.54, 1.807) is 0 Å². The van der Waals surface area contributed by atoms with Crippen LogP contribution in [0.5, 0.6) is 0 Å². The van der Waals surface area contributed by atoms with Crippen molar-refractivity contribution in [2.45, 2.75) is 33.7 Å². The molecule has 0 unspecified atom stereocenters. The largest absolute Gasteiger partial charge is 0.356 e. The van der Waals surface area contributed by atoms with Gasteiger partial charge >= 0.3 is 0 Å². The lowest BCUT2D eigenvalue weighted by Gasteiger charge is -2.18. The van der Waals surface area contributed by atoms with Gasteiger partial charge in [0.25, 0.3) is 0 Å². The molecular weight excluding hydrogens is 276 g/mol. The highest BCUT2D eigenvalue weighted by atomic mass is 32.1. The first-order valence-corrected chi connectivity index (χ1v) is 7.57. The molecule has 0 saturated carbocycles. The standard InChI is InChI=1S/C18H22N2S/c1-12-5-7-16(8-6-12)15(4)19-18(21)20-17-10-13(2)9-14(3)11-17/h5-11,15H,1-4H3,(H2,19,20,21)/t15-/m1/s1. The monoisotopic (exact) mass is 298 g/mol. The van der Waals surface area contributed by atoms with E-state index < -0.39 is 0 Å². The maximum atomic E-state index is 5.40. The van der Waals surface area contributed by atoms with Gasteiger partial charge in [-0.25, -0.2) is 0 Å². The first kappa shape index (κ1) is 15.5. The summed E-state index contributed by atoms with van der Waals surface area (Å²) in [6, 6.07) is 15.0. The molecule has 0 heterocycles. The van der Waals surface area contributed by atoms with Crippen molar-refractivity contribution < 1.29 is 0 Å². The molecule has 110 valence electrons. The molecule has 0 aliphatic carbocycles. The van der Waals surface area contributed by atoms with E-state index in [4.69, 9.17) is 12.2 Å². The van der Waals surface area contributed by atoms with E-state index in [0.717, 1.165) is 5.69 Å². The zero-order chi connectivity index (χ0) is 15.4. The summed E-state index contributed by atoms with van der Waals surface area (Å²) in [5.74, 6) is 0. The van der Waals surface area contributed by atoms with Gasteiger partial charge in [-0.05, 0) is 68.7 Å². The van der Waals surface area contributed by atoms with E-state index in [1.807, 2.05) is 0 Å². The zero-order valence-corrected chi connectivity index (χ0v) is 13.8. The lowest BCUT2D eigenvalue weighted by Crippen LogP contribution is -2.30. The van der Waals surface area contributed by atoms with Crippen molar-refractivity contribution in [3.8, 4) is 0 Å². The van der Waals surface area contributed by atoms with Crippen LogP contribution in [0.15, 0.2) is 42.5 Å². The van der Waals surface area contributed by atoms with Gasteiger partial charge in [0.15, 0.2) is 5.11 Å². The number of hydrogen-bond acceptors (Lipinski definition) is 1. The van der Waals surface area contributed by atoms with E-state index in [2.05, 4.69) is 80.8 Å². The van der Waals surface area contributed by atoms with Crippen LogP contribution < -0.4 is 10.6 Å². The molecule has 2 rings (SSSR count). The van der Waals surface area contributed by atoms with Gasteiger partial charge in [-0.2, -0.15) is 0 Å². The zero-order valence-electron chi connectivity index (χ0n) is 13.0. The van der Waals surface area contributed by atoms with E-state index in [-0.39, 0.29) is 6.04 Å². The van der Waals surface area contributed by atoms with E-state index in [9.17, 15) is 0 Å². The number of anilines is 1. The van der Waals surface area contributed by atoms with Gasteiger partial charge in [0.05, 0.1) is 6.04 Å². The average Bonchev–Trinajstić information content (AvgIpc) is 2.37. The molecule has 2 aromatic rings. The summed E-state index contributed by atoms with van der Waals surface area (Å²) in [5.41, 5.74) is 5.98. The summed E-state index contributed by atoms with van der Waals surface area (Å²) in [5, 5.41) is 7.23. The van der Waals surface area contributed by atoms with Gasteiger partial charge in [0.2, 0.25) is 0 Å². The second-order valence-electron chi connectivity index (χ2n) is 5.61. The minimum atomic E-state index is 0.177. The fourth-order valence-electron chi connectivity index (χ4n) is 2.35. The Morgan fingerprint density at radius 1 is 0.905 bits per heavy atom. The molecule has 0 saturated heterocycles. The maximum absolute atomic E-state index is 5.40. The van der Waals surface area contributed by atoms with Crippen molar-refractivity contribution in [3.05, 3.63) is 64.7 Å². The molecule has 1 atom stereocenters. The van der Waals surface area contributed by atoms with Gasteiger partial charge in [0.1, 0.15) is 0 Å². The van der Waals surface area contributed by atoms with Gasteiger partial charge in [-0.1, -0.05) is 35.9 Å². The number of benzene rings is 2. The lowest BCUT2D eigenvalue weighted by molar-refractivity contribution is 0.722. The number of thiocarbonyl (C=S) groups is 1. The van der Waals surface area contributed by atoms with E-state index >= 15 is 0 Å². The Morgan fingerprint density at radius 2 is 1.48 bits per heavy atom. The molecule has 3 heteroatoms. The van der Waals surface area contributed by atoms with Crippen LogP contribution in [0.4, 0.5) is 5.69 Å². The Labute approximate surface area is 132 Å². The highest BCUT2D eigenvalue weighted by Gasteiger charge is 2.07. The number of hydrogen-bond donors (Lipinski definition) is 2. The predicted octanol–water partition coefficient (Wildman–Crippen LogP) is 4.66. The van der Waals surface area contributed by atoms with Crippen molar-refractivity contribution in [1.82, 2.24) is 5.32 Å². The van der Waals surface area contributed by atoms with Gasteiger partial charge in [-0.15, -0.1) is 0 Å². The average molecular weight is 298 g/mol. The van der Waals surface area contributed by atoms with Crippen LogP contribution in [-0.4, -0.2) is 5.11 Å². The fraction of sp³-hybridized carbons (Fsp3) is 0.278. The topological polar surface area (TPSA) is 24.1 Å². The van der Waals surface area contributed by atoms with Crippen LogP contribution in [0.3, 0.4) is 0 Å². The molecule has 0 fully saturated rings. The van der Waals surface area contributed by atoms with Crippen molar-refractivity contribution in [1.29, 1.82) is 0 Å².